The largest absolute Gasteiger partial charge is 0.323 e. The average molecular weight is 380 g/mol. The van der Waals surface area contributed by atoms with E-state index in [1.807, 2.05) is 23.9 Å². The molecule has 24 heavy (non-hydrogen) atoms. The van der Waals surface area contributed by atoms with Crippen molar-refractivity contribution in [1.29, 1.82) is 0 Å². The van der Waals surface area contributed by atoms with Gasteiger partial charge in [0.25, 0.3) is 0 Å². The molecule has 0 aromatic carbocycles. The second-order valence-corrected chi connectivity index (χ2v) is 7.41. The van der Waals surface area contributed by atoms with Gasteiger partial charge in [-0.05, 0) is 25.1 Å². The highest BCUT2D eigenvalue weighted by Crippen LogP contribution is 2.26. The number of aryl methyl sites for hydroxylation is 1. The zero-order valence-corrected chi connectivity index (χ0v) is 15.4. The number of carbonyl (C=O) groups is 1. The van der Waals surface area contributed by atoms with Gasteiger partial charge in [-0.3, -0.25) is 4.79 Å². The molecule has 0 aliphatic heterocycles. The normalized spacial score (nSPS) is 10.8. The number of aromatic nitrogens is 4. The number of nitrogens with zero attached hydrogens (tertiary/aromatic N) is 4. The summed E-state index contributed by atoms with van der Waals surface area (Å²) >= 11 is 8.91. The van der Waals surface area contributed by atoms with Gasteiger partial charge in [0.2, 0.25) is 5.91 Å². The Morgan fingerprint density at radius 2 is 2.29 bits per heavy atom. The SMILES string of the molecule is Cc1cc(-c2nnc(SCC(=O)Nc3cccnc3Cl)n2C)cs1. The molecule has 3 aromatic heterocycles. The Bertz CT molecular complexity index is 876. The zero-order valence-electron chi connectivity index (χ0n) is 13.0. The number of pyridine rings is 1. The highest BCUT2D eigenvalue weighted by atomic mass is 35.5. The predicted octanol–water partition coefficient (Wildman–Crippen LogP) is 3.63. The molecule has 0 radical (unpaired) electrons. The number of anilines is 1. The van der Waals surface area contributed by atoms with E-state index in [2.05, 4.69) is 26.6 Å². The molecule has 0 saturated carbocycles. The molecule has 0 unspecified atom stereocenters. The number of hydrogen-bond acceptors (Lipinski definition) is 6. The van der Waals surface area contributed by atoms with Crippen molar-refractivity contribution in [2.75, 3.05) is 11.1 Å². The van der Waals surface area contributed by atoms with E-state index in [0.29, 0.717) is 10.8 Å². The predicted molar refractivity (Wildman–Crippen MR) is 97.7 cm³/mol. The maximum Gasteiger partial charge on any atom is 0.234 e. The standard InChI is InChI=1S/C15H14ClN5OS2/c1-9-6-10(7-23-9)14-19-20-15(21(14)2)24-8-12(22)18-11-4-3-5-17-13(11)16/h3-7H,8H2,1-2H3,(H,18,22). The summed E-state index contributed by atoms with van der Waals surface area (Å²) in [5, 5.41) is 14.1. The van der Waals surface area contributed by atoms with Crippen LogP contribution >= 0.6 is 34.7 Å². The van der Waals surface area contributed by atoms with E-state index in [1.165, 1.54) is 16.6 Å². The Morgan fingerprint density at radius 1 is 1.46 bits per heavy atom. The summed E-state index contributed by atoms with van der Waals surface area (Å²) in [7, 11) is 1.89. The van der Waals surface area contributed by atoms with Crippen molar-refractivity contribution in [3.63, 3.8) is 0 Å². The molecule has 0 spiro atoms. The third-order valence-corrected chi connectivity index (χ3v) is 5.37. The van der Waals surface area contributed by atoms with Crippen LogP contribution < -0.4 is 5.32 Å². The molecule has 0 fully saturated rings. The first-order valence-corrected chi connectivity index (χ1v) is 9.27. The summed E-state index contributed by atoms with van der Waals surface area (Å²) in [4.78, 5) is 17.2. The molecule has 0 aliphatic rings. The van der Waals surface area contributed by atoms with Crippen LogP contribution in [0.4, 0.5) is 5.69 Å². The molecule has 3 heterocycles. The van der Waals surface area contributed by atoms with Crippen LogP contribution in [0.3, 0.4) is 0 Å². The molecule has 1 amide bonds. The average Bonchev–Trinajstić information content (AvgIpc) is 3.13. The second-order valence-electron chi connectivity index (χ2n) is 4.99. The quantitative estimate of drug-likeness (QED) is 0.541. The minimum absolute atomic E-state index is 0.175. The van der Waals surface area contributed by atoms with E-state index in [1.54, 1.807) is 29.7 Å². The number of thiophene rings is 1. The van der Waals surface area contributed by atoms with E-state index in [-0.39, 0.29) is 16.8 Å². The summed E-state index contributed by atoms with van der Waals surface area (Å²) in [5.41, 5.74) is 1.53. The van der Waals surface area contributed by atoms with Crippen LogP contribution in [0.5, 0.6) is 0 Å². The van der Waals surface area contributed by atoms with Gasteiger partial charge in [-0.1, -0.05) is 23.4 Å². The fourth-order valence-electron chi connectivity index (χ4n) is 2.05. The molecule has 9 heteroatoms. The van der Waals surface area contributed by atoms with Crippen LogP contribution in [0.1, 0.15) is 4.88 Å². The molecule has 6 nitrogen and oxygen atoms in total. The number of carbonyl (C=O) groups excluding carboxylic acids is 1. The van der Waals surface area contributed by atoms with Crippen LogP contribution in [0, 0.1) is 6.92 Å². The van der Waals surface area contributed by atoms with Crippen LogP contribution in [-0.4, -0.2) is 31.4 Å². The minimum Gasteiger partial charge on any atom is -0.323 e. The van der Waals surface area contributed by atoms with Crippen molar-refractivity contribution in [3.8, 4) is 11.4 Å². The molecule has 0 aliphatic carbocycles. The third-order valence-electron chi connectivity index (χ3n) is 3.19. The van der Waals surface area contributed by atoms with Crippen molar-refractivity contribution < 1.29 is 4.79 Å². The van der Waals surface area contributed by atoms with Gasteiger partial charge in [-0.15, -0.1) is 21.5 Å². The Kier molecular flexibility index (Phi) is 5.17. The maximum absolute atomic E-state index is 12.1. The molecule has 0 atom stereocenters. The Balaban J connectivity index is 1.64. The highest BCUT2D eigenvalue weighted by Gasteiger charge is 2.14. The minimum atomic E-state index is -0.175. The van der Waals surface area contributed by atoms with Crippen molar-refractivity contribution in [2.24, 2.45) is 7.05 Å². The van der Waals surface area contributed by atoms with Crippen molar-refractivity contribution >= 4 is 46.3 Å². The first-order chi connectivity index (χ1) is 11.5. The lowest BCUT2D eigenvalue weighted by atomic mass is 10.3. The Labute approximate surface area is 152 Å². The van der Waals surface area contributed by atoms with Gasteiger partial charge < -0.3 is 9.88 Å². The number of thioether (sulfide) groups is 1. The zero-order chi connectivity index (χ0) is 17.1. The highest BCUT2D eigenvalue weighted by molar-refractivity contribution is 7.99. The van der Waals surface area contributed by atoms with Gasteiger partial charge >= 0.3 is 0 Å². The summed E-state index contributed by atoms with van der Waals surface area (Å²) in [6, 6.07) is 5.49. The number of nitrogens with one attached hydrogen (secondary N) is 1. The smallest absolute Gasteiger partial charge is 0.234 e. The molecular weight excluding hydrogens is 366 g/mol. The number of halogens is 1. The molecule has 3 aromatic rings. The van der Waals surface area contributed by atoms with E-state index in [0.717, 1.165) is 11.4 Å². The Morgan fingerprint density at radius 3 is 3.00 bits per heavy atom. The van der Waals surface area contributed by atoms with Crippen molar-refractivity contribution in [3.05, 3.63) is 39.8 Å². The van der Waals surface area contributed by atoms with Crippen molar-refractivity contribution in [2.45, 2.75) is 12.1 Å². The first kappa shape index (κ1) is 16.9. The number of amides is 1. The topological polar surface area (TPSA) is 72.7 Å². The summed E-state index contributed by atoms with van der Waals surface area (Å²) in [5.74, 6) is 0.822. The van der Waals surface area contributed by atoms with E-state index in [4.69, 9.17) is 11.6 Å². The van der Waals surface area contributed by atoms with E-state index < -0.39 is 0 Å². The lowest BCUT2D eigenvalue weighted by Crippen LogP contribution is -2.15. The molecule has 0 saturated heterocycles. The van der Waals surface area contributed by atoms with Gasteiger partial charge in [0, 0.05) is 29.1 Å². The number of hydrogen-bond donors (Lipinski definition) is 1. The number of rotatable bonds is 5. The lowest BCUT2D eigenvalue weighted by Gasteiger charge is -2.06. The summed E-state index contributed by atoms with van der Waals surface area (Å²) in [6.07, 6.45) is 1.57. The molecular formula is C15H14ClN5OS2. The second kappa shape index (κ2) is 7.33. The van der Waals surface area contributed by atoms with E-state index in [9.17, 15) is 4.79 Å². The van der Waals surface area contributed by atoms with Gasteiger partial charge in [0.15, 0.2) is 16.1 Å². The van der Waals surface area contributed by atoms with Crippen LogP contribution in [0.15, 0.2) is 34.9 Å². The monoisotopic (exact) mass is 379 g/mol. The fraction of sp³-hybridized carbons (Fsp3) is 0.200. The van der Waals surface area contributed by atoms with Gasteiger partial charge in [0.1, 0.15) is 0 Å². The van der Waals surface area contributed by atoms with Crippen LogP contribution in [-0.2, 0) is 11.8 Å². The van der Waals surface area contributed by atoms with Crippen molar-refractivity contribution in [1.82, 2.24) is 19.7 Å². The lowest BCUT2D eigenvalue weighted by molar-refractivity contribution is -0.113. The summed E-state index contributed by atoms with van der Waals surface area (Å²) < 4.78 is 1.89. The third kappa shape index (κ3) is 3.77. The van der Waals surface area contributed by atoms with Gasteiger partial charge in [-0.2, -0.15) is 0 Å². The van der Waals surface area contributed by atoms with E-state index >= 15 is 0 Å². The van der Waals surface area contributed by atoms with Gasteiger partial charge in [0.05, 0.1) is 11.4 Å². The fourth-order valence-corrected chi connectivity index (χ4v) is 3.61. The molecule has 1 N–H and O–H groups in total. The first-order valence-electron chi connectivity index (χ1n) is 7.02. The van der Waals surface area contributed by atoms with Gasteiger partial charge in [-0.25, -0.2) is 4.98 Å². The summed E-state index contributed by atoms with van der Waals surface area (Å²) in [6.45, 7) is 2.05. The van der Waals surface area contributed by atoms with Crippen LogP contribution in [0.25, 0.3) is 11.4 Å². The molecule has 124 valence electrons. The molecule has 0 bridgehead atoms. The van der Waals surface area contributed by atoms with Crippen LogP contribution in [0.2, 0.25) is 5.15 Å². The maximum atomic E-state index is 12.1. The molecule has 3 rings (SSSR count). The Hall–Kier alpha value is -1.90.